The molecule has 0 bridgehead atoms. The predicted octanol–water partition coefficient (Wildman–Crippen LogP) is 4.30. The van der Waals surface area contributed by atoms with Gasteiger partial charge in [-0.3, -0.25) is 4.79 Å². The fraction of sp³-hybridized carbons (Fsp3) is 0.300. The summed E-state index contributed by atoms with van der Waals surface area (Å²) in [4.78, 5) is 24.1. The van der Waals surface area contributed by atoms with Crippen molar-refractivity contribution in [3.05, 3.63) is 70.3 Å². The molecule has 0 unspecified atom stereocenters. The fourth-order valence-electron chi connectivity index (χ4n) is 2.51. The molecule has 0 radical (unpaired) electrons. The Morgan fingerprint density at radius 3 is 2.43 bits per heavy atom. The Bertz CT molecular complexity index is 717. The summed E-state index contributed by atoms with van der Waals surface area (Å²) in [5.74, 6) is -0.353. The summed E-state index contributed by atoms with van der Waals surface area (Å²) in [6.07, 6.45) is 1.13. The molecule has 0 heterocycles. The largest absolute Gasteiger partial charge is 0.462 e. The molecule has 23 heavy (non-hydrogen) atoms. The number of hydrogen-bond donors (Lipinski definition) is 0. The first kappa shape index (κ1) is 16.9. The molecule has 0 saturated carbocycles. The highest BCUT2D eigenvalue weighted by atomic mass is 16.5. The summed E-state index contributed by atoms with van der Waals surface area (Å²) in [6, 6.07) is 12.9. The van der Waals surface area contributed by atoms with Crippen LogP contribution in [0.1, 0.15) is 50.8 Å². The molecule has 2 rings (SSSR count). The number of rotatable bonds is 6. The molecule has 0 N–H and O–H groups in total. The van der Waals surface area contributed by atoms with E-state index in [-0.39, 0.29) is 5.78 Å². The van der Waals surface area contributed by atoms with Gasteiger partial charge in [0.05, 0.1) is 12.2 Å². The zero-order chi connectivity index (χ0) is 16.8. The van der Waals surface area contributed by atoms with Crippen LogP contribution in [0.15, 0.2) is 42.5 Å². The van der Waals surface area contributed by atoms with Gasteiger partial charge in [0.25, 0.3) is 0 Å². The van der Waals surface area contributed by atoms with Crippen molar-refractivity contribution in [1.82, 2.24) is 0 Å². The number of esters is 1. The van der Waals surface area contributed by atoms with E-state index in [1.165, 1.54) is 16.7 Å². The van der Waals surface area contributed by atoms with Gasteiger partial charge in [-0.15, -0.1) is 0 Å². The Morgan fingerprint density at radius 1 is 1.00 bits per heavy atom. The molecule has 2 aromatic carbocycles. The van der Waals surface area contributed by atoms with Crippen molar-refractivity contribution in [2.45, 2.75) is 33.6 Å². The third kappa shape index (κ3) is 4.28. The lowest BCUT2D eigenvalue weighted by atomic mass is 9.96. The average Bonchev–Trinajstić information content (AvgIpc) is 2.56. The number of carbonyl (C=O) groups is 2. The third-order valence-electron chi connectivity index (χ3n) is 4.03. The van der Waals surface area contributed by atoms with Crippen molar-refractivity contribution < 1.29 is 14.3 Å². The van der Waals surface area contributed by atoms with Gasteiger partial charge in [0.2, 0.25) is 0 Å². The minimum Gasteiger partial charge on any atom is -0.462 e. The van der Waals surface area contributed by atoms with E-state index >= 15 is 0 Å². The Hall–Kier alpha value is -2.42. The van der Waals surface area contributed by atoms with Crippen LogP contribution in [0.4, 0.5) is 0 Å². The molecule has 0 saturated heterocycles. The smallest absolute Gasteiger partial charge is 0.338 e. The van der Waals surface area contributed by atoms with Crippen LogP contribution in [0.5, 0.6) is 0 Å². The van der Waals surface area contributed by atoms with Gasteiger partial charge in [0.15, 0.2) is 5.78 Å². The van der Waals surface area contributed by atoms with E-state index < -0.39 is 5.97 Å². The molecule has 0 aromatic heterocycles. The zero-order valence-corrected chi connectivity index (χ0v) is 13.9. The van der Waals surface area contributed by atoms with Gasteiger partial charge in [-0.05, 0) is 56.0 Å². The van der Waals surface area contributed by atoms with Crippen LogP contribution in [0.3, 0.4) is 0 Å². The number of hydrogen-bond acceptors (Lipinski definition) is 3. The number of benzene rings is 2. The van der Waals surface area contributed by atoms with Gasteiger partial charge in [0.1, 0.15) is 0 Å². The van der Waals surface area contributed by atoms with Crippen molar-refractivity contribution in [2.24, 2.45) is 0 Å². The van der Waals surface area contributed by atoms with E-state index in [1.54, 1.807) is 31.2 Å². The molecule has 120 valence electrons. The van der Waals surface area contributed by atoms with E-state index in [2.05, 4.69) is 26.0 Å². The van der Waals surface area contributed by atoms with E-state index in [0.29, 0.717) is 30.6 Å². The second-order valence-corrected chi connectivity index (χ2v) is 5.58. The molecule has 0 aliphatic heterocycles. The monoisotopic (exact) mass is 310 g/mol. The van der Waals surface area contributed by atoms with E-state index in [0.717, 1.165) is 0 Å². The van der Waals surface area contributed by atoms with Crippen molar-refractivity contribution >= 4 is 11.8 Å². The Kier molecular flexibility index (Phi) is 5.69. The molecule has 0 aliphatic rings. The van der Waals surface area contributed by atoms with Crippen LogP contribution in [0, 0.1) is 13.8 Å². The first-order chi connectivity index (χ1) is 11.0. The van der Waals surface area contributed by atoms with Crippen molar-refractivity contribution in [3.8, 4) is 0 Å². The molecule has 2 aromatic rings. The second kappa shape index (κ2) is 7.73. The van der Waals surface area contributed by atoms with Crippen LogP contribution in [-0.2, 0) is 11.2 Å². The molecule has 0 atom stereocenters. The second-order valence-electron chi connectivity index (χ2n) is 5.58. The number of ketones is 1. The lowest BCUT2D eigenvalue weighted by Gasteiger charge is -2.08. The van der Waals surface area contributed by atoms with Gasteiger partial charge in [-0.1, -0.05) is 30.3 Å². The molecular weight excluding hydrogens is 288 g/mol. The van der Waals surface area contributed by atoms with Gasteiger partial charge in [-0.2, -0.15) is 0 Å². The summed E-state index contributed by atoms with van der Waals surface area (Å²) in [7, 11) is 0. The normalized spacial score (nSPS) is 10.4. The van der Waals surface area contributed by atoms with Crippen molar-refractivity contribution in [1.29, 1.82) is 0 Å². The summed E-state index contributed by atoms with van der Waals surface area (Å²) >= 11 is 0. The Morgan fingerprint density at radius 2 is 1.70 bits per heavy atom. The van der Waals surface area contributed by atoms with Crippen molar-refractivity contribution in [2.75, 3.05) is 6.61 Å². The third-order valence-corrected chi connectivity index (χ3v) is 4.03. The van der Waals surface area contributed by atoms with Gasteiger partial charge >= 0.3 is 5.97 Å². The van der Waals surface area contributed by atoms with Crippen LogP contribution >= 0.6 is 0 Å². The minimum atomic E-state index is -0.392. The van der Waals surface area contributed by atoms with Crippen LogP contribution < -0.4 is 0 Å². The van der Waals surface area contributed by atoms with Crippen molar-refractivity contribution in [3.63, 3.8) is 0 Å². The zero-order valence-electron chi connectivity index (χ0n) is 13.9. The average molecular weight is 310 g/mol. The molecule has 0 spiro atoms. The molecular formula is C20H22O3. The van der Waals surface area contributed by atoms with Gasteiger partial charge in [0, 0.05) is 12.0 Å². The molecule has 0 aliphatic carbocycles. The highest BCUT2D eigenvalue weighted by molar-refractivity contribution is 5.99. The number of Topliss-reactive ketones (excluding diaryl/α,β-unsaturated/α-hetero) is 1. The quantitative estimate of drug-likeness (QED) is 0.590. The highest BCUT2D eigenvalue weighted by Crippen LogP contribution is 2.16. The first-order valence-corrected chi connectivity index (χ1v) is 7.88. The summed E-state index contributed by atoms with van der Waals surface area (Å²) < 4.78 is 4.97. The van der Waals surface area contributed by atoms with Gasteiger partial charge < -0.3 is 4.74 Å². The maximum Gasteiger partial charge on any atom is 0.338 e. The summed E-state index contributed by atoms with van der Waals surface area (Å²) in [5.41, 5.74) is 4.64. The lowest BCUT2D eigenvalue weighted by Crippen LogP contribution is -2.07. The minimum absolute atomic E-state index is 0.0389. The Balaban J connectivity index is 2.07. The number of ether oxygens (including phenoxy) is 1. The standard InChI is InChI=1S/C20H22O3/c1-4-23-20(22)18-10-6-9-17(13-18)19(21)12-11-16-8-5-7-14(2)15(16)3/h5-10,13H,4,11-12H2,1-3H3. The van der Waals surface area contributed by atoms with E-state index in [1.807, 2.05) is 6.07 Å². The predicted molar refractivity (Wildman–Crippen MR) is 91.0 cm³/mol. The van der Waals surface area contributed by atoms with Crippen LogP contribution in [0.25, 0.3) is 0 Å². The number of aryl methyl sites for hydroxylation is 2. The van der Waals surface area contributed by atoms with Crippen LogP contribution in [0.2, 0.25) is 0 Å². The maximum absolute atomic E-state index is 12.4. The SMILES string of the molecule is CCOC(=O)c1cccc(C(=O)CCc2cccc(C)c2C)c1. The lowest BCUT2D eigenvalue weighted by molar-refractivity contribution is 0.0526. The highest BCUT2D eigenvalue weighted by Gasteiger charge is 2.12. The molecule has 0 amide bonds. The molecule has 0 fully saturated rings. The number of carbonyl (C=O) groups excluding carboxylic acids is 2. The van der Waals surface area contributed by atoms with E-state index in [9.17, 15) is 9.59 Å². The topological polar surface area (TPSA) is 43.4 Å². The fourth-order valence-corrected chi connectivity index (χ4v) is 2.51. The first-order valence-electron chi connectivity index (χ1n) is 7.88. The van der Waals surface area contributed by atoms with Crippen LogP contribution in [-0.4, -0.2) is 18.4 Å². The van der Waals surface area contributed by atoms with Gasteiger partial charge in [-0.25, -0.2) is 4.79 Å². The Labute approximate surface area is 137 Å². The summed E-state index contributed by atoms with van der Waals surface area (Å²) in [5, 5.41) is 0. The molecule has 3 heteroatoms. The molecule has 3 nitrogen and oxygen atoms in total. The maximum atomic E-state index is 12.4. The summed E-state index contributed by atoms with van der Waals surface area (Å²) in [6.45, 7) is 6.24. The van der Waals surface area contributed by atoms with E-state index in [4.69, 9.17) is 4.74 Å².